The number of aliphatic hydroxyl groups excluding tert-OH is 1. The van der Waals surface area contributed by atoms with Gasteiger partial charge >= 0.3 is 0 Å². The minimum atomic E-state index is -0.690. The van der Waals surface area contributed by atoms with Gasteiger partial charge in [-0.1, -0.05) is 12.1 Å². The first-order chi connectivity index (χ1) is 7.99. The van der Waals surface area contributed by atoms with E-state index in [1.165, 1.54) is 11.3 Å². The van der Waals surface area contributed by atoms with Crippen LogP contribution in [0.15, 0.2) is 28.1 Å². The Morgan fingerprint density at radius 3 is 2.29 bits per heavy atom. The average molecular weight is 315 g/mol. The van der Waals surface area contributed by atoms with Gasteiger partial charge in [0.1, 0.15) is 11.9 Å². The third-order valence-electron chi connectivity index (χ3n) is 2.64. The molecule has 0 aliphatic heterocycles. The van der Waals surface area contributed by atoms with E-state index in [1.807, 2.05) is 12.1 Å². The fourth-order valence-electron chi connectivity index (χ4n) is 1.78. The summed E-state index contributed by atoms with van der Waals surface area (Å²) >= 11 is 4.84. The van der Waals surface area contributed by atoms with Crippen LogP contribution in [-0.4, -0.2) is 5.11 Å². The zero-order valence-corrected chi connectivity index (χ0v) is 11.9. The maximum Gasteiger partial charge on any atom is 0.129 e. The van der Waals surface area contributed by atoms with Crippen LogP contribution in [0.2, 0.25) is 0 Å². The van der Waals surface area contributed by atoms with Gasteiger partial charge in [-0.05, 0) is 58.6 Å². The van der Waals surface area contributed by atoms with Crippen molar-refractivity contribution in [2.45, 2.75) is 20.0 Å². The number of benzene rings is 1. The van der Waals surface area contributed by atoms with Crippen LogP contribution in [-0.2, 0) is 0 Å². The Labute approximate surface area is 112 Å². The molecule has 1 aromatic heterocycles. The molecule has 0 spiro atoms. The highest BCUT2D eigenvalue weighted by Gasteiger charge is 2.15. The lowest BCUT2D eigenvalue weighted by atomic mass is 10.0. The van der Waals surface area contributed by atoms with E-state index in [9.17, 15) is 9.50 Å². The molecule has 90 valence electrons. The third kappa shape index (κ3) is 2.59. The van der Waals surface area contributed by atoms with Gasteiger partial charge in [0.2, 0.25) is 0 Å². The predicted octanol–water partition coefficient (Wildman–Crippen LogP) is 4.35. The van der Waals surface area contributed by atoms with Crippen LogP contribution in [0.25, 0.3) is 0 Å². The van der Waals surface area contributed by atoms with Crippen molar-refractivity contribution < 1.29 is 9.50 Å². The van der Waals surface area contributed by atoms with Gasteiger partial charge in [-0.2, -0.15) is 0 Å². The van der Waals surface area contributed by atoms with Crippen LogP contribution in [0.4, 0.5) is 4.39 Å². The molecule has 1 heterocycles. The van der Waals surface area contributed by atoms with Crippen LogP contribution >= 0.6 is 27.3 Å². The van der Waals surface area contributed by atoms with Crippen molar-refractivity contribution in [2.75, 3.05) is 0 Å². The maximum atomic E-state index is 13.5. The Balaban J connectivity index is 2.41. The molecule has 1 N–H and O–H groups in total. The van der Waals surface area contributed by atoms with E-state index in [-0.39, 0.29) is 5.82 Å². The van der Waals surface area contributed by atoms with E-state index in [1.54, 1.807) is 26.0 Å². The number of aliphatic hydroxyl groups is 1. The second-order valence-corrected chi connectivity index (χ2v) is 6.51. The highest BCUT2D eigenvalue weighted by atomic mass is 79.9. The molecule has 0 fully saturated rings. The summed E-state index contributed by atoms with van der Waals surface area (Å²) in [5.74, 6) is -0.201. The number of halogens is 2. The second kappa shape index (κ2) is 4.88. The molecule has 1 atom stereocenters. The molecule has 2 aromatic rings. The van der Waals surface area contributed by atoms with E-state index < -0.39 is 6.10 Å². The summed E-state index contributed by atoms with van der Waals surface area (Å²) in [5.41, 5.74) is 1.86. The third-order valence-corrected chi connectivity index (χ3v) is 4.31. The van der Waals surface area contributed by atoms with Crippen LogP contribution < -0.4 is 0 Å². The highest BCUT2D eigenvalue weighted by molar-refractivity contribution is 9.11. The van der Waals surface area contributed by atoms with Gasteiger partial charge in [-0.25, -0.2) is 4.39 Å². The van der Waals surface area contributed by atoms with Gasteiger partial charge in [0, 0.05) is 4.88 Å². The number of aryl methyl sites for hydroxylation is 2. The van der Waals surface area contributed by atoms with Crippen molar-refractivity contribution in [1.29, 1.82) is 0 Å². The monoisotopic (exact) mass is 314 g/mol. The minimum Gasteiger partial charge on any atom is -0.383 e. The van der Waals surface area contributed by atoms with Crippen LogP contribution in [0.1, 0.15) is 27.7 Å². The molecule has 0 amide bonds. The lowest BCUT2D eigenvalue weighted by Gasteiger charge is -2.12. The largest absolute Gasteiger partial charge is 0.383 e. The summed E-state index contributed by atoms with van der Waals surface area (Å²) in [6, 6.07) is 7.15. The van der Waals surface area contributed by atoms with Crippen molar-refractivity contribution >= 4 is 27.3 Å². The summed E-state index contributed by atoms with van der Waals surface area (Å²) in [7, 11) is 0. The molecule has 0 radical (unpaired) electrons. The molecule has 0 bridgehead atoms. The smallest absolute Gasteiger partial charge is 0.129 e. The van der Waals surface area contributed by atoms with Crippen molar-refractivity contribution in [3.8, 4) is 0 Å². The molecule has 1 unspecified atom stereocenters. The molecule has 0 saturated heterocycles. The lowest BCUT2D eigenvalue weighted by Crippen LogP contribution is -2.00. The second-order valence-electron chi connectivity index (χ2n) is 4.01. The fraction of sp³-hybridized carbons (Fsp3) is 0.231. The van der Waals surface area contributed by atoms with E-state index in [0.717, 1.165) is 14.2 Å². The molecule has 0 saturated carbocycles. The first-order valence-corrected chi connectivity index (χ1v) is 6.80. The van der Waals surface area contributed by atoms with Gasteiger partial charge in [0.25, 0.3) is 0 Å². The molecule has 0 aliphatic rings. The Morgan fingerprint density at radius 2 is 1.82 bits per heavy atom. The number of hydrogen-bond acceptors (Lipinski definition) is 2. The first kappa shape index (κ1) is 12.7. The quantitative estimate of drug-likeness (QED) is 0.873. The molecule has 4 heteroatoms. The van der Waals surface area contributed by atoms with Gasteiger partial charge in [-0.15, -0.1) is 11.3 Å². The zero-order chi connectivity index (χ0) is 12.6. The molecular weight excluding hydrogens is 303 g/mol. The zero-order valence-electron chi connectivity index (χ0n) is 9.50. The Bertz CT molecular complexity index is 527. The Kier molecular flexibility index (Phi) is 3.66. The van der Waals surface area contributed by atoms with Gasteiger partial charge in [0.05, 0.1) is 3.79 Å². The molecule has 0 aliphatic carbocycles. The summed E-state index contributed by atoms with van der Waals surface area (Å²) in [6.45, 7) is 3.42. The van der Waals surface area contributed by atoms with Crippen molar-refractivity contribution in [3.63, 3.8) is 0 Å². The van der Waals surface area contributed by atoms with Gasteiger partial charge in [0.15, 0.2) is 0 Å². The van der Waals surface area contributed by atoms with Crippen molar-refractivity contribution in [1.82, 2.24) is 0 Å². The van der Waals surface area contributed by atoms with Crippen LogP contribution in [0, 0.1) is 19.7 Å². The highest BCUT2D eigenvalue weighted by Crippen LogP contribution is 2.32. The van der Waals surface area contributed by atoms with E-state index >= 15 is 0 Å². The molecule has 2 rings (SSSR count). The molecule has 17 heavy (non-hydrogen) atoms. The SMILES string of the molecule is Cc1cc(C(O)c2ccc(Br)s2)cc(C)c1F. The van der Waals surface area contributed by atoms with E-state index in [0.29, 0.717) is 11.1 Å². The minimum absolute atomic E-state index is 0.201. The van der Waals surface area contributed by atoms with Crippen molar-refractivity contribution in [3.05, 3.63) is 55.4 Å². The number of hydrogen-bond donors (Lipinski definition) is 1. The van der Waals surface area contributed by atoms with E-state index in [4.69, 9.17) is 0 Å². The standard InChI is InChI=1S/C13H12BrFOS/c1-7-5-9(6-8(2)12(7)15)13(16)10-3-4-11(14)17-10/h3-6,13,16H,1-2H3. The first-order valence-electron chi connectivity index (χ1n) is 5.19. The Hall–Kier alpha value is -0.710. The molecule has 1 nitrogen and oxygen atoms in total. The summed E-state index contributed by atoms with van der Waals surface area (Å²) < 4.78 is 14.5. The topological polar surface area (TPSA) is 20.2 Å². The average Bonchev–Trinajstić information content (AvgIpc) is 2.71. The van der Waals surface area contributed by atoms with E-state index in [2.05, 4.69) is 15.9 Å². The number of rotatable bonds is 2. The fourth-order valence-corrected chi connectivity index (χ4v) is 3.21. The maximum absolute atomic E-state index is 13.5. The molecule has 1 aromatic carbocycles. The van der Waals surface area contributed by atoms with Gasteiger partial charge in [-0.3, -0.25) is 0 Å². The predicted molar refractivity (Wildman–Crippen MR) is 72.0 cm³/mol. The van der Waals surface area contributed by atoms with Crippen LogP contribution in [0.3, 0.4) is 0 Å². The molecular formula is C13H12BrFOS. The van der Waals surface area contributed by atoms with Gasteiger partial charge < -0.3 is 5.11 Å². The van der Waals surface area contributed by atoms with Crippen LogP contribution in [0.5, 0.6) is 0 Å². The summed E-state index contributed by atoms with van der Waals surface area (Å²) in [5, 5.41) is 10.2. The summed E-state index contributed by atoms with van der Waals surface area (Å²) in [6.07, 6.45) is -0.690. The lowest BCUT2D eigenvalue weighted by molar-refractivity contribution is 0.224. The summed E-state index contributed by atoms with van der Waals surface area (Å²) in [4.78, 5) is 0.849. The Morgan fingerprint density at radius 1 is 1.24 bits per heavy atom. The normalized spacial score (nSPS) is 12.8. The number of thiophene rings is 1. The van der Waals surface area contributed by atoms with Crippen molar-refractivity contribution in [2.24, 2.45) is 0 Å².